The van der Waals surface area contributed by atoms with Crippen LogP contribution in [0.3, 0.4) is 0 Å². The zero-order valence-corrected chi connectivity index (χ0v) is 24.7. The molecule has 0 radical (unpaired) electrons. The highest BCUT2D eigenvalue weighted by molar-refractivity contribution is 5.90. The van der Waals surface area contributed by atoms with Gasteiger partial charge in [-0.05, 0) is 31.7 Å². The van der Waals surface area contributed by atoms with Gasteiger partial charge in [-0.1, -0.05) is 27.7 Å². The minimum Gasteiger partial charge on any atom is -0.349 e. The van der Waals surface area contributed by atoms with Crippen LogP contribution in [0.5, 0.6) is 0 Å². The molecule has 8 nitrogen and oxygen atoms in total. The van der Waals surface area contributed by atoms with Crippen molar-refractivity contribution in [3.05, 3.63) is 0 Å². The minimum absolute atomic E-state index is 0.0373. The Kier molecular flexibility index (Phi) is 9.93. The van der Waals surface area contributed by atoms with Crippen molar-refractivity contribution in [2.24, 2.45) is 17.8 Å². The number of ether oxygens (including phenoxy) is 2. The number of carbonyl (C=O) groups is 2. The quantitative estimate of drug-likeness (QED) is 0.457. The summed E-state index contributed by atoms with van der Waals surface area (Å²) in [6, 6.07) is -0.617. The van der Waals surface area contributed by atoms with Gasteiger partial charge in [0.05, 0.1) is 19.3 Å². The third kappa shape index (κ3) is 7.68. The lowest BCUT2D eigenvalue weighted by atomic mass is 9.94. The van der Waals surface area contributed by atoms with Gasteiger partial charge in [-0.3, -0.25) is 14.5 Å². The molecule has 4 rings (SSSR count). The van der Waals surface area contributed by atoms with Gasteiger partial charge in [-0.15, -0.1) is 0 Å². The molecule has 10 heteroatoms. The predicted molar refractivity (Wildman–Crippen MR) is 145 cm³/mol. The summed E-state index contributed by atoms with van der Waals surface area (Å²) < 4.78 is 39.4. The van der Waals surface area contributed by atoms with E-state index in [2.05, 4.69) is 37.5 Å². The monoisotopic (exact) mass is 556 g/mol. The van der Waals surface area contributed by atoms with E-state index in [1.165, 1.54) is 0 Å². The van der Waals surface area contributed by atoms with E-state index in [0.717, 1.165) is 13.0 Å². The van der Waals surface area contributed by atoms with E-state index in [1.807, 2.05) is 16.8 Å². The fourth-order valence-electron chi connectivity index (χ4n) is 6.49. The van der Waals surface area contributed by atoms with Gasteiger partial charge in [-0.2, -0.15) is 0 Å². The van der Waals surface area contributed by atoms with E-state index in [4.69, 9.17) is 9.47 Å². The zero-order valence-electron chi connectivity index (χ0n) is 24.7. The third-order valence-corrected chi connectivity index (χ3v) is 8.95. The highest BCUT2D eigenvalue weighted by Crippen LogP contribution is 2.34. The second-order valence-electron chi connectivity index (χ2n) is 13.2. The molecule has 0 aliphatic carbocycles. The summed E-state index contributed by atoms with van der Waals surface area (Å²) in [6.45, 7) is 13.5. The van der Waals surface area contributed by atoms with E-state index in [0.29, 0.717) is 83.6 Å². The lowest BCUT2D eigenvalue weighted by Crippen LogP contribution is -2.63. The Morgan fingerprint density at radius 1 is 0.923 bits per heavy atom. The maximum atomic E-state index is 13.9. The van der Waals surface area contributed by atoms with E-state index in [9.17, 15) is 18.4 Å². The fraction of sp³-hybridized carbons (Fsp3) is 0.931. The molecule has 0 saturated carbocycles. The minimum atomic E-state index is -2.53. The van der Waals surface area contributed by atoms with Crippen molar-refractivity contribution in [3.8, 4) is 0 Å². The standard InChI is InChI=1S/C29H50F2N4O4/c1-21(2)16-24-27(37)35(15-14-32(24)5)25(17-22(3)4)26(36)34-12-8-29(9-13-34)38-19-23(20-39-29)18-33-10-6-28(30,31)7-11-33/h21-25H,6-20H2,1-5H3/t24-,25-/m0/s1. The van der Waals surface area contributed by atoms with Gasteiger partial charge in [0.2, 0.25) is 11.8 Å². The average molecular weight is 557 g/mol. The van der Waals surface area contributed by atoms with Gasteiger partial charge in [0.1, 0.15) is 6.04 Å². The Balaban J connectivity index is 1.30. The smallest absolute Gasteiger partial charge is 0.250 e. The maximum absolute atomic E-state index is 13.9. The molecule has 224 valence electrons. The molecule has 0 aromatic heterocycles. The van der Waals surface area contributed by atoms with Crippen LogP contribution < -0.4 is 0 Å². The number of rotatable bonds is 8. The number of piperazine rings is 1. The molecule has 0 unspecified atom stereocenters. The number of amides is 2. The number of piperidine rings is 2. The van der Waals surface area contributed by atoms with Crippen LogP contribution in [0, 0.1) is 17.8 Å². The molecular weight excluding hydrogens is 506 g/mol. The molecular formula is C29H50F2N4O4. The summed E-state index contributed by atoms with van der Waals surface area (Å²) in [4.78, 5) is 35.4. The molecule has 1 spiro atoms. The summed E-state index contributed by atoms with van der Waals surface area (Å²) in [5, 5.41) is 0. The maximum Gasteiger partial charge on any atom is 0.250 e. The highest BCUT2D eigenvalue weighted by Gasteiger charge is 2.45. The second-order valence-corrected chi connectivity index (χ2v) is 13.2. The van der Waals surface area contributed by atoms with Crippen LogP contribution in [-0.4, -0.2) is 121 Å². The Morgan fingerprint density at radius 2 is 1.54 bits per heavy atom. The Labute approximate surface area is 233 Å². The van der Waals surface area contributed by atoms with Crippen LogP contribution in [0.4, 0.5) is 8.78 Å². The first-order valence-corrected chi connectivity index (χ1v) is 15.1. The lowest BCUT2D eigenvalue weighted by molar-refractivity contribution is -0.299. The number of halogens is 2. The van der Waals surface area contributed by atoms with Crippen LogP contribution in [0.2, 0.25) is 0 Å². The number of likely N-dealkylation sites (N-methyl/N-ethyl adjacent to an activating group) is 1. The highest BCUT2D eigenvalue weighted by atomic mass is 19.3. The first-order valence-electron chi connectivity index (χ1n) is 15.1. The van der Waals surface area contributed by atoms with Gasteiger partial charge in [0, 0.05) is 77.4 Å². The molecule has 2 amide bonds. The van der Waals surface area contributed by atoms with Crippen molar-refractivity contribution in [1.29, 1.82) is 0 Å². The van der Waals surface area contributed by atoms with Gasteiger partial charge < -0.3 is 24.2 Å². The van der Waals surface area contributed by atoms with Crippen molar-refractivity contribution >= 4 is 11.8 Å². The molecule has 0 bridgehead atoms. The van der Waals surface area contributed by atoms with Crippen molar-refractivity contribution in [2.45, 2.75) is 90.0 Å². The van der Waals surface area contributed by atoms with Crippen LogP contribution in [-0.2, 0) is 19.1 Å². The Hall–Kier alpha value is -1.36. The lowest BCUT2D eigenvalue weighted by Gasteiger charge is -2.48. The SMILES string of the molecule is CC(C)C[C@H]1C(=O)N([C@@H](CC(C)C)C(=O)N2CCC3(CC2)OCC(CN2CCC(F)(F)CC2)CO3)CCN1C. The molecule has 4 fully saturated rings. The Morgan fingerprint density at radius 3 is 2.10 bits per heavy atom. The number of likely N-dealkylation sites (tertiary alicyclic amines) is 2. The largest absolute Gasteiger partial charge is 0.349 e. The summed E-state index contributed by atoms with van der Waals surface area (Å²) in [5.41, 5.74) is 0. The van der Waals surface area contributed by atoms with Gasteiger partial charge in [-0.25, -0.2) is 8.78 Å². The molecule has 4 aliphatic rings. The van der Waals surface area contributed by atoms with Crippen molar-refractivity contribution in [3.63, 3.8) is 0 Å². The molecule has 4 aliphatic heterocycles. The Bertz CT molecular complexity index is 829. The number of hydrogen-bond donors (Lipinski definition) is 0. The van der Waals surface area contributed by atoms with E-state index < -0.39 is 17.8 Å². The van der Waals surface area contributed by atoms with Crippen molar-refractivity contribution in [1.82, 2.24) is 19.6 Å². The number of carbonyl (C=O) groups excluding carboxylic acids is 2. The van der Waals surface area contributed by atoms with Crippen LogP contribution in [0.25, 0.3) is 0 Å². The number of hydrogen-bond acceptors (Lipinski definition) is 6. The normalized spacial score (nSPS) is 28.0. The van der Waals surface area contributed by atoms with Gasteiger partial charge in [0.15, 0.2) is 5.79 Å². The number of alkyl halides is 2. The summed E-state index contributed by atoms with van der Waals surface area (Å²) in [7, 11) is 2.01. The van der Waals surface area contributed by atoms with E-state index in [1.54, 1.807) is 0 Å². The van der Waals surface area contributed by atoms with Gasteiger partial charge >= 0.3 is 0 Å². The topological polar surface area (TPSA) is 65.6 Å². The summed E-state index contributed by atoms with van der Waals surface area (Å²) >= 11 is 0. The van der Waals surface area contributed by atoms with Crippen LogP contribution in [0.1, 0.15) is 66.2 Å². The van der Waals surface area contributed by atoms with E-state index in [-0.39, 0.29) is 36.6 Å². The molecule has 4 saturated heterocycles. The summed E-state index contributed by atoms with van der Waals surface area (Å²) in [5.74, 6) is -2.24. The molecule has 0 aromatic carbocycles. The molecule has 0 aromatic rings. The second kappa shape index (κ2) is 12.7. The first-order chi connectivity index (χ1) is 18.4. The van der Waals surface area contributed by atoms with E-state index >= 15 is 0 Å². The van der Waals surface area contributed by atoms with Crippen LogP contribution in [0.15, 0.2) is 0 Å². The number of nitrogens with zero attached hydrogens (tertiary/aromatic N) is 4. The van der Waals surface area contributed by atoms with Crippen molar-refractivity contribution < 1.29 is 27.8 Å². The van der Waals surface area contributed by atoms with Crippen molar-refractivity contribution in [2.75, 3.05) is 66.1 Å². The molecule has 4 heterocycles. The summed E-state index contributed by atoms with van der Waals surface area (Å²) in [6.07, 6.45) is 2.49. The predicted octanol–water partition coefficient (Wildman–Crippen LogP) is 3.30. The fourth-order valence-corrected chi connectivity index (χ4v) is 6.49. The molecule has 2 atom stereocenters. The zero-order chi connectivity index (χ0) is 28.4. The van der Waals surface area contributed by atoms with Gasteiger partial charge in [0.25, 0.3) is 5.92 Å². The third-order valence-electron chi connectivity index (χ3n) is 8.95. The average Bonchev–Trinajstić information content (AvgIpc) is 2.88. The molecule has 39 heavy (non-hydrogen) atoms. The molecule has 0 N–H and O–H groups in total. The van der Waals surface area contributed by atoms with Crippen LogP contribution >= 0.6 is 0 Å². The first kappa shape index (κ1) is 30.6.